The van der Waals surface area contributed by atoms with E-state index in [1.165, 1.54) is 10.4 Å². The van der Waals surface area contributed by atoms with Crippen LogP contribution in [-0.4, -0.2) is 43.9 Å². The highest BCUT2D eigenvalue weighted by atomic mass is 35.5. The average Bonchev–Trinajstić information content (AvgIpc) is 2.64. The van der Waals surface area contributed by atoms with E-state index in [-0.39, 0.29) is 38.7 Å². The van der Waals surface area contributed by atoms with Crippen LogP contribution in [0.2, 0.25) is 15.1 Å². The average molecular weight is 432 g/mol. The summed E-state index contributed by atoms with van der Waals surface area (Å²) in [7, 11) is -3.74. The lowest BCUT2D eigenvalue weighted by Gasteiger charge is -2.34. The molecule has 0 unspecified atom stereocenters. The van der Waals surface area contributed by atoms with Gasteiger partial charge in [-0.05, 0) is 24.3 Å². The van der Waals surface area contributed by atoms with Crippen molar-refractivity contribution in [2.45, 2.75) is 4.90 Å². The molecule has 0 N–H and O–H groups in total. The molecule has 0 saturated carbocycles. The molecule has 1 aromatic carbocycles. The van der Waals surface area contributed by atoms with Crippen LogP contribution in [0.15, 0.2) is 35.2 Å². The molecule has 0 amide bonds. The Kier molecular flexibility index (Phi) is 5.61. The van der Waals surface area contributed by atoms with Crippen LogP contribution < -0.4 is 4.90 Å². The largest absolute Gasteiger partial charge is 0.354 e. The second-order valence-electron chi connectivity index (χ2n) is 5.55. The van der Waals surface area contributed by atoms with Gasteiger partial charge in [0.15, 0.2) is 5.69 Å². The normalized spacial score (nSPS) is 15.7. The molecular formula is C16H13Cl3N4O2S. The van der Waals surface area contributed by atoms with Gasteiger partial charge in [-0.25, -0.2) is 13.4 Å². The molecule has 0 bridgehead atoms. The zero-order chi connectivity index (χ0) is 18.9. The lowest BCUT2D eigenvalue weighted by Crippen LogP contribution is -2.49. The van der Waals surface area contributed by atoms with Crippen LogP contribution in [-0.2, 0) is 10.0 Å². The minimum atomic E-state index is -3.74. The summed E-state index contributed by atoms with van der Waals surface area (Å²) in [5.41, 5.74) is 0.143. The van der Waals surface area contributed by atoms with Gasteiger partial charge in [0.25, 0.3) is 0 Å². The molecular weight excluding hydrogens is 419 g/mol. The summed E-state index contributed by atoms with van der Waals surface area (Å²) in [6, 6.07) is 9.79. The van der Waals surface area contributed by atoms with Crippen LogP contribution in [0.25, 0.3) is 0 Å². The number of anilines is 1. The van der Waals surface area contributed by atoms with Gasteiger partial charge >= 0.3 is 0 Å². The molecule has 1 saturated heterocycles. The first kappa shape index (κ1) is 19.2. The number of hydrogen-bond donors (Lipinski definition) is 0. The fraction of sp³-hybridized carbons (Fsp3) is 0.250. The third kappa shape index (κ3) is 3.61. The standard InChI is InChI=1S/C16H13Cl3N4O2S/c17-11-4-5-15(21-13(11)10-20)22-6-8-23(9-7-22)26(24,25)14-3-1-2-12(18)16(14)19/h1-5H,6-9H2. The van der Waals surface area contributed by atoms with Crippen LogP contribution in [0.4, 0.5) is 5.82 Å². The summed E-state index contributed by atoms with van der Waals surface area (Å²) in [5.74, 6) is 0.587. The van der Waals surface area contributed by atoms with Crippen molar-refractivity contribution < 1.29 is 8.42 Å². The summed E-state index contributed by atoms with van der Waals surface area (Å²) in [6.45, 7) is 1.38. The van der Waals surface area contributed by atoms with E-state index in [2.05, 4.69) is 4.98 Å². The Labute approximate surface area is 166 Å². The molecule has 1 fully saturated rings. The Bertz CT molecular complexity index is 983. The van der Waals surface area contributed by atoms with Gasteiger partial charge in [0.05, 0.1) is 15.1 Å². The van der Waals surface area contributed by atoms with Gasteiger partial charge < -0.3 is 4.90 Å². The first-order valence-electron chi connectivity index (χ1n) is 7.60. The highest BCUT2D eigenvalue weighted by molar-refractivity contribution is 7.89. The van der Waals surface area contributed by atoms with Gasteiger partial charge in [0.2, 0.25) is 10.0 Å². The van der Waals surface area contributed by atoms with Crippen molar-refractivity contribution in [3.8, 4) is 6.07 Å². The van der Waals surface area contributed by atoms with Crippen molar-refractivity contribution in [2.75, 3.05) is 31.1 Å². The van der Waals surface area contributed by atoms with E-state index in [1.807, 2.05) is 11.0 Å². The monoisotopic (exact) mass is 430 g/mol. The highest BCUT2D eigenvalue weighted by Crippen LogP contribution is 2.31. The maximum atomic E-state index is 12.8. The van der Waals surface area contributed by atoms with Gasteiger partial charge in [-0.2, -0.15) is 9.57 Å². The number of nitriles is 1. The van der Waals surface area contributed by atoms with Crippen molar-refractivity contribution in [2.24, 2.45) is 0 Å². The molecule has 1 aromatic heterocycles. The zero-order valence-electron chi connectivity index (χ0n) is 13.4. The van der Waals surface area contributed by atoms with E-state index in [0.717, 1.165) is 0 Å². The summed E-state index contributed by atoms with van der Waals surface area (Å²) >= 11 is 17.9. The number of piperazine rings is 1. The van der Waals surface area contributed by atoms with E-state index in [9.17, 15) is 8.42 Å². The minimum Gasteiger partial charge on any atom is -0.354 e. The third-order valence-corrected chi connectivity index (χ3v) is 7.21. The number of rotatable bonds is 3. The van der Waals surface area contributed by atoms with Crippen LogP contribution >= 0.6 is 34.8 Å². The molecule has 1 aliphatic rings. The van der Waals surface area contributed by atoms with Crippen molar-refractivity contribution in [3.05, 3.63) is 51.1 Å². The second-order valence-corrected chi connectivity index (χ2v) is 8.65. The number of aromatic nitrogens is 1. The van der Waals surface area contributed by atoms with Crippen LogP contribution in [0.5, 0.6) is 0 Å². The lowest BCUT2D eigenvalue weighted by molar-refractivity contribution is 0.384. The predicted octanol–water partition coefficient (Wildman–Crippen LogP) is 3.42. The molecule has 0 spiro atoms. The van der Waals surface area contributed by atoms with E-state index < -0.39 is 10.0 Å². The van der Waals surface area contributed by atoms with E-state index in [4.69, 9.17) is 40.1 Å². The number of sulfonamides is 1. The molecule has 0 aliphatic carbocycles. The number of benzene rings is 1. The zero-order valence-corrected chi connectivity index (χ0v) is 16.4. The molecule has 136 valence electrons. The van der Waals surface area contributed by atoms with Gasteiger partial charge in [0.1, 0.15) is 16.8 Å². The number of nitrogens with zero attached hydrogens (tertiary/aromatic N) is 4. The SMILES string of the molecule is N#Cc1nc(N2CCN(S(=O)(=O)c3cccc(Cl)c3Cl)CC2)ccc1Cl. The fourth-order valence-electron chi connectivity index (χ4n) is 2.67. The van der Waals surface area contributed by atoms with E-state index in [0.29, 0.717) is 18.9 Å². The van der Waals surface area contributed by atoms with Crippen molar-refractivity contribution >= 4 is 50.6 Å². The third-order valence-electron chi connectivity index (χ3n) is 4.03. The Morgan fingerprint density at radius 3 is 2.35 bits per heavy atom. The molecule has 3 rings (SSSR count). The molecule has 10 heteroatoms. The minimum absolute atomic E-state index is 0.00324. The lowest BCUT2D eigenvalue weighted by atomic mass is 10.3. The summed E-state index contributed by atoms with van der Waals surface area (Å²) in [6.07, 6.45) is 0. The Morgan fingerprint density at radius 1 is 1.00 bits per heavy atom. The quantitative estimate of drug-likeness (QED) is 0.744. The maximum absolute atomic E-state index is 12.8. The molecule has 2 heterocycles. The van der Waals surface area contributed by atoms with Crippen LogP contribution in [0.3, 0.4) is 0 Å². The summed E-state index contributed by atoms with van der Waals surface area (Å²) in [4.78, 5) is 6.11. The molecule has 1 aliphatic heterocycles. The predicted molar refractivity (Wildman–Crippen MR) is 101 cm³/mol. The van der Waals surface area contributed by atoms with Gasteiger partial charge in [0, 0.05) is 26.2 Å². The summed E-state index contributed by atoms with van der Waals surface area (Å²) in [5, 5.41) is 9.54. The maximum Gasteiger partial charge on any atom is 0.244 e. The van der Waals surface area contributed by atoms with Gasteiger partial charge in [-0.1, -0.05) is 40.9 Å². The van der Waals surface area contributed by atoms with Gasteiger partial charge in [-0.3, -0.25) is 0 Å². The molecule has 26 heavy (non-hydrogen) atoms. The number of hydrogen-bond acceptors (Lipinski definition) is 5. The van der Waals surface area contributed by atoms with Crippen molar-refractivity contribution in [1.29, 1.82) is 5.26 Å². The van der Waals surface area contributed by atoms with Gasteiger partial charge in [-0.15, -0.1) is 0 Å². The van der Waals surface area contributed by atoms with E-state index >= 15 is 0 Å². The smallest absolute Gasteiger partial charge is 0.244 e. The fourth-order valence-corrected chi connectivity index (χ4v) is 4.97. The number of halogens is 3. The van der Waals surface area contributed by atoms with E-state index in [1.54, 1.807) is 24.3 Å². The topological polar surface area (TPSA) is 77.3 Å². The Balaban J connectivity index is 1.78. The Hall–Kier alpha value is -1.56. The molecule has 6 nitrogen and oxygen atoms in total. The number of pyridine rings is 1. The first-order chi connectivity index (χ1) is 12.3. The highest BCUT2D eigenvalue weighted by Gasteiger charge is 2.31. The van der Waals surface area contributed by atoms with Crippen LogP contribution in [0, 0.1) is 11.3 Å². The van der Waals surface area contributed by atoms with Crippen molar-refractivity contribution in [1.82, 2.24) is 9.29 Å². The molecule has 2 aromatic rings. The van der Waals surface area contributed by atoms with Crippen LogP contribution in [0.1, 0.15) is 5.69 Å². The Morgan fingerprint density at radius 2 is 1.69 bits per heavy atom. The molecule has 0 radical (unpaired) electrons. The van der Waals surface area contributed by atoms with Crippen molar-refractivity contribution in [3.63, 3.8) is 0 Å². The second kappa shape index (κ2) is 7.59. The first-order valence-corrected chi connectivity index (χ1v) is 10.2. The molecule has 0 atom stereocenters. The summed E-state index contributed by atoms with van der Waals surface area (Å²) < 4.78 is 27.0.